The van der Waals surface area contributed by atoms with Crippen LogP contribution >= 0.6 is 0 Å². The average Bonchev–Trinajstić information content (AvgIpc) is 2.61. The predicted molar refractivity (Wildman–Crippen MR) is 94.9 cm³/mol. The number of hydrogen-bond donors (Lipinski definition) is 3. The van der Waals surface area contributed by atoms with Crippen molar-refractivity contribution in [1.29, 1.82) is 0 Å². The summed E-state index contributed by atoms with van der Waals surface area (Å²) in [5.41, 5.74) is 5.02. The van der Waals surface area contributed by atoms with Crippen LogP contribution in [0.2, 0.25) is 0 Å². The monoisotopic (exact) mass is 322 g/mol. The van der Waals surface area contributed by atoms with Gasteiger partial charge in [0.1, 0.15) is 17.1 Å². The lowest BCUT2D eigenvalue weighted by Crippen LogP contribution is -2.20. The second-order valence-corrected chi connectivity index (χ2v) is 5.37. The summed E-state index contributed by atoms with van der Waals surface area (Å²) < 4.78 is 5.63. The number of hydrogen-bond acceptors (Lipinski definition) is 5. The van der Waals surface area contributed by atoms with Crippen molar-refractivity contribution in [3.63, 3.8) is 0 Å². The van der Waals surface area contributed by atoms with Crippen molar-refractivity contribution >= 4 is 28.3 Å². The number of amides is 1. The highest BCUT2D eigenvalue weighted by Crippen LogP contribution is 2.25. The lowest BCUT2D eigenvalue weighted by atomic mass is 10.2. The Bertz CT molecular complexity index is 863. The van der Waals surface area contributed by atoms with Gasteiger partial charge < -0.3 is 15.5 Å². The maximum atomic E-state index is 12.0. The Kier molecular flexibility index (Phi) is 4.58. The summed E-state index contributed by atoms with van der Waals surface area (Å²) in [5.74, 6) is 6.22. The third-order valence-electron chi connectivity index (χ3n) is 3.53. The molecule has 0 aliphatic carbocycles. The molecule has 6 heteroatoms. The zero-order valence-corrected chi connectivity index (χ0v) is 13.2. The molecule has 0 unspecified atom stereocenters. The lowest BCUT2D eigenvalue weighted by Gasteiger charge is -2.10. The van der Waals surface area contributed by atoms with E-state index in [2.05, 4.69) is 15.7 Å². The number of nitrogen functional groups attached to an aromatic ring is 1. The van der Waals surface area contributed by atoms with Gasteiger partial charge in [-0.3, -0.25) is 4.79 Å². The number of nitrogens with zero attached hydrogens (tertiary/aromatic N) is 1. The van der Waals surface area contributed by atoms with E-state index in [0.717, 1.165) is 16.6 Å². The van der Waals surface area contributed by atoms with E-state index < -0.39 is 0 Å². The van der Waals surface area contributed by atoms with Gasteiger partial charge in [0.25, 0.3) is 5.91 Å². The molecule has 0 atom stereocenters. The maximum absolute atomic E-state index is 12.0. The third kappa shape index (κ3) is 3.61. The Labute approximate surface area is 139 Å². The average molecular weight is 322 g/mol. The van der Waals surface area contributed by atoms with Crippen LogP contribution in [-0.4, -0.2) is 17.5 Å². The first-order chi connectivity index (χ1) is 11.7. The summed E-state index contributed by atoms with van der Waals surface area (Å²) >= 11 is 0. The molecule has 0 aliphatic heterocycles. The standard InChI is InChI=1S/C18H18N4O2/c1-12-5-8-14(9-6-12)20-17(23)11-24-15-4-2-3-13-7-10-16(22-19)21-18(13)15/h2-10H,11,19H2,1H3,(H,20,23)(H,21,22). The molecule has 4 N–H and O–H groups in total. The van der Waals surface area contributed by atoms with Crippen molar-refractivity contribution in [2.24, 2.45) is 5.84 Å². The van der Waals surface area contributed by atoms with E-state index in [1.54, 1.807) is 12.1 Å². The molecule has 0 saturated heterocycles. The fraction of sp³-hybridized carbons (Fsp3) is 0.111. The van der Waals surface area contributed by atoms with Crippen LogP contribution in [0.25, 0.3) is 10.9 Å². The van der Waals surface area contributed by atoms with Gasteiger partial charge in [0.05, 0.1) is 0 Å². The highest BCUT2D eigenvalue weighted by Gasteiger charge is 2.08. The minimum atomic E-state index is -0.232. The molecule has 3 rings (SSSR count). The number of rotatable bonds is 5. The predicted octanol–water partition coefficient (Wildman–Crippen LogP) is 2.85. The zero-order valence-electron chi connectivity index (χ0n) is 13.2. The highest BCUT2D eigenvalue weighted by atomic mass is 16.5. The molecular weight excluding hydrogens is 304 g/mol. The first kappa shape index (κ1) is 15.8. The summed E-state index contributed by atoms with van der Waals surface area (Å²) in [5, 5.41) is 3.70. The van der Waals surface area contributed by atoms with Gasteiger partial charge in [-0.1, -0.05) is 29.8 Å². The van der Waals surface area contributed by atoms with Gasteiger partial charge in [0.15, 0.2) is 6.61 Å². The summed E-state index contributed by atoms with van der Waals surface area (Å²) in [6, 6.07) is 16.8. The molecule has 0 saturated carbocycles. The Morgan fingerprint density at radius 2 is 1.92 bits per heavy atom. The molecule has 122 valence electrons. The summed E-state index contributed by atoms with van der Waals surface area (Å²) in [7, 11) is 0. The van der Waals surface area contributed by atoms with Crippen molar-refractivity contribution < 1.29 is 9.53 Å². The summed E-state index contributed by atoms with van der Waals surface area (Å²) in [4.78, 5) is 16.4. The van der Waals surface area contributed by atoms with Crippen LogP contribution in [0, 0.1) is 6.92 Å². The molecule has 0 radical (unpaired) electrons. The smallest absolute Gasteiger partial charge is 0.262 e. The molecular formula is C18H18N4O2. The first-order valence-corrected chi connectivity index (χ1v) is 7.51. The van der Waals surface area contributed by atoms with Crippen molar-refractivity contribution in [3.8, 4) is 5.75 Å². The molecule has 0 spiro atoms. The Morgan fingerprint density at radius 3 is 2.67 bits per heavy atom. The van der Waals surface area contributed by atoms with Gasteiger partial charge >= 0.3 is 0 Å². The molecule has 6 nitrogen and oxygen atoms in total. The fourth-order valence-electron chi connectivity index (χ4n) is 2.29. The second kappa shape index (κ2) is 6.97. The molecule has 0 aliphatic rings. The fourth-order valence-corrected chi connectivity index (χ4v) is 2.29. The molecule has 2 aromatic carbocycles. The van der Waals surface area contributed by atoms with E-state index in [0.29, 0.717) is 17.1 Å². The number of pyridine rings is 1. The van der Waals surface area contributed by atoms with Crippen molar-refractivity contribution in [1.82, 2.24) is 4.98 Å². The van der Waals surface area contributed by atoms with Crippen molar-refractivity contribution in [2.75, 3.05) is 17.3 Å². The molecule has 0 bridgehead atoms. The van der Waals surface area contributed by atoms with Crippen LogP contribution in [0.4, 0.5) is 11.5 Å². The number of aryl methyl sites for hydroxylation is 1. The second-order valence-electron chi connectivity index (χ2n) is 5.37. The van der Waals surface area contributed by atoms with E-state index in [1.165, 1.54) is 0 Å². The Morgan fingerprint density at radius 1 is 1.12 bits per heavy atom. The number of nitrogens with two attached hydrogens (primary N) is 1. The van der Waals surface area contributed by atoms with E-state index >= 15 is 0 Å². The number of fused-ring (bicyclic) bond motifs is 1. The van der Waals surface area contributed by atoms with Gasteiger partial charge in [0, 0.05) is 11.1 Å². The normalized spacial score (nSPS) is 10.4. The molecule has 0 fully saturated rings. The highest BCUT2D eigenvalue weighted by molar-refractivity contribution is 5.92. The number of carbonyl (C=O) groups excluding carboxylic acids is 1. The van der Waals surface area contributed by atoms with Crippen LogP contribution in [0.1, 0.15) is 5.56 Å². The van der Waals surface area contributed by atoms with E-state index in [-0.39, 0.29) is 12.5 Å². The summed E-state index contributed by atoms with van der Waals surface area (Å²) in [6.45, 7) is 1.89. The quantitative estimate of drug-likeness (QED) is 0.496. The van der Waals surface area contributed by atoms with Gasteiger partial charge in [-0.25, -0.2) is 10.8 Å². The van der Waals surface area contributed by atoms with Crippen LogP contribution in [0.5, 0.6) is 5.75 Å². The number of carbonyl (C=O) groups is 1. The number of ether oxygens (including phenoxy) is 1. The van der Waals surface area contributed by atoms with Gasteiger partial charge in [0.2, 0.25) is 0 Å². The largest absolute Gasteiger partial charge is 0.481 e. The van der Waals surface area contributed by atoms with E-state index in [9.17, 15) is 4.79 Å². The molecule has 1 heterocycles. The van der Waals surface area contributed by atoms with Crippen LogP contribution < -0.4 is 21.3 Å². The number of anilines is 2. The summed E-state index contributed by atoms with van der Waals surface area (Å²) in [6.07, 6.45) is 0. The SMILES string of the molecule is Cc1ccc(NC(=O)COc2cccc3ccc(NN)nc23)cc1. The molecule has 3 aromatic rings. The lowest BCUT2D eigenvalue weighted by molar-refractivity contribution is -0.118. The molecule has 24 heavy (non-hydrogen) atoms. The van der Waals surface area contributed by atoms with Crippen molar-refractivity contribution in [3.05, 3.63) is 60.2 Å². The van der Waals surface area contributed by atoms with Gasteiger partial charge in [-0.05, 0) is 37.3 Å². The Balaban J connectivity index is 1.70. The van der Waals surface area contributed by atoms with Gasteiger partial charge in [-0.15, -0.1) is 0 Å². The van der Waals surface area contributed by atoms with Gasteiger partial charge in [-0.2, -0.15) is 0 Å². The van der Waals surface area contributed by atoms with Crippen LogP contribution in [0.3, 0.4) is 0 Å². The van der Waals surface area contributed by atoms with Crippen molar-refractivity contribution in [2.45, 2.75) is 6.92 Å². The number of nitrogens with one attached hydrogen (secondary N) is 2. The minimum absolute atomic E-state index is 0.102. The third-order valence-corrected chi connectivity index (χ3v) is 3.53. The number of aromatic nitrogens is 1. The minimum Gasteiger partial charge on any atom is -0.481 e. The molecule has 1 aromatic heterocycles. The number of hydrazine groups is 1. The van der Waals surface area contributed by atoms with Crippen LogP contribution in [-0.2, 0) is 4.79 Å². The maximum Gasteiger partial charge on any atom is 0.262 e. The van der Waals surface area contributed by atoms with E-state index in [4.69, 9.17) is 10.6 Å². The number of benzene rings is 2. The zero-order chi connectivity index (χ0) is 16.9. The number of para-hydroxylation sites is 1. The Hall–Kier alpha value is -3.12. The first-order valence-electron chi connectivity index (χ1n) is 7.51. The van der Waals surface area contributed by atoms with E-state index in [1.807, 2.05) is 49.4 Å². The van der Waals surface area contributed by atoms with Crippen LogP contribution in [0.15, 0.2) is 54.6 Å². The topological polar surface area (TPSA) is 89.3 Å². The molecule has 1 amide bonds.